The molecule has 0 atom stereocenters. The monoisotopic (exact) mass is 393 g/mol. The van der Waals surface area contributed by atoms with Gasteiger partial charge in [-0.05, 0) is 61.1 Å². The average molecular weight is 393 g/mol. The summed E-state index contributed by atoms with van der Waals surface area (Å²) in [7, 11) is 3.65. The molecule has 6 nitrogen and oxygen atoms in total. The third-order valence-corrected chi connectivity index (χ3v) is 5.61. The molecule has 1 amide bonds. The Bertz CT molecular complexity index is 958. The number of aryl methyl sites for hydroxylation is 2. The minimum atomic E-state index is 0.106. The van der Waals surface area contributed by atoms with Crippen molar-refractivity contribution in [2.24, 2.45) is 7.05 Å². The normalized spacial score (nSPS) is 12.8. The van der Waals surface area contributed by atoms with Gasteiger partial charge in [-0.15, -0.1) is 0 Å². The maximum absolute atomic E-state index is 13.1. The number of carbonyl (C=O) groups excluding carboxylic acids is 1. The molecule has 0 N–H and O–H groups in total. The number of rotatable bonds is 8. The van der Waals surface area contributed by atoms with E-state index in [4.69, 9.17) is 14.3 Å². The number of aromatic nitrogens is 2. The van der Waals surface area contributed by atoms with Gasteiger partial charge in [-0.2, -0.15) is 5.10 Å². The molecule has 0 saturated heterocycles. The van der Waals surface area contributed by atoms with Crippen LogP contribution in [0.4, 0.5) is 0 Å². The molecule has 0 spiro atoms. The van der Waals surface area contributed by atoms with Gasteiger partial charge in [0.2, 0.25) is 5.91 Å². The van der Waals surface area contributed by atoms with Crippen LogP contribution in [0, 0.1) is 0 Å². The molecule has 1 aromatic carbocycles. The average Bonchev–Trinajstić information content (AvgIpc) is 3.47. The Hall–Kier alpha value is -3.02. The van der Waals surface area contributed by atoms with Gasteiger partial charge in [0.1, 0.15) is 11.5 Å². The number of amides is 1. The van der Waals surface area contributed by atoms with Crippen molar-refractivity contribution in [3.05, 3.63) is 70.9 Å². The third-order valence-electron chi connectivity index (χ3n) is 5.61. The highest BCUT2D eigenvalue weighted by Gasteiger charge is 2.24. The lowest BCUT2D eigenvalue weighted by Crippen LogP contribution is -2.30. The van der Waals surface area contributed by atoms with Gasteiger partial charge in [0.05, 0.1) is 32.2 Å². The van der Waals surface area contributed by atoms with E-state index in [1.54, 1.807) is 13.4 Å². The Morgan fingerprint density at radius 2 is 2.03 bits per heavy atom. The second-order valence-electron chi connectivity index (χ2n) is 7.53. The van der Waals surface area contributed by atoms with E-state index >= 15 is 0 Å². The van der Waals surface area contributed by atoms with Gasteiger partial charge in [-0.3, -0.25) is 9.48 Å². The van der Waals surface area contributed by atoms with Crippen molar-refractivity contribution in [2.75, 3.05) is 7.11 Å². The van der Waals surface area contributed by atoms with Gasteiger partial charge >= 0.3 is 0 Å². The smallest absolute Gasteiger partial charge is 0.223 e. The SMILES string of the molecule is COc1ccc(CCC(=O)N(Cc2ccco2)Cc2nn(C)c3c2CCC3)cc1. The van der Waals surface area contributed by atoms with Crippen LogP contribution >= 0.6 is 0 Å². The number of furan rings is 1. The molecule has 2 aromatic heterocycles. The molecule has 0 aliphatic heterocycles. The van der Waals surface area contributed by atoms with Crippen LogP contribution in [0.3, 0.4) is 0 Å². The van der Waals surface area contributed by atoms with Crippen molar-refractivity contribution in [1.29, 1.82) is 0 Å². The molecule has 0 bridgehead atoms. The topological polar surface area (TPSA) is 60.5 Å². The fraction of sp³-hybridized carbons (Fsp3) is 0.391. The molecule has 0 saturated carbocycles. The number of nitrogens with zero attached hydrogens (tertiary/aromatic N) is 3. The highest BCUT2D eigenvalue weighted by Crippen LogP contribution is 2.26. The van der Waals surface area contributed by atoms with E-state index in [0.29, 0.717) is 25.9 Å². The van der Waals surface area contributed by atoms with E-state index in [2.05, 4.69) is 0 Å². The van der Waals surface area contributed by atoms with Crippen molar-refractivity contribution in [2.45, 2.75) is 45.2 Å². The second-order valence-corrected chi connectivity index (χ2v) is 7.53. The van der Waals surface area contributed by atoms with Crippen molar-refractivity contribution in [1.82, 2.24) is 14.7 Å². The quantitative estimate of drug-likeness (QED) is 0.586. The van der Waals surface area contributed by atoms with Crippen molar-refractivity contribution >= 4 is 5.91 Å². The molecule has 29 heavy (non-hydrogen) atoms. The van der Waals surface area contributed by atoms with Crippen LogP contribution in [-0.4, -0.2) is 27.7 Å². The highest BCUT2D eigenvalue weighted by atomic mass is 16.5. The molecule has 152 valence electrons. The summed E-state index contributed by atoms with van der Waals surface area (Å²) in [6, 6.07) is 11.6. The Kier molecular flexibility index (Phi) is 5.69. The number of ether oxygens (including phenoxy) is 1. The fourth-order valence-electron chi connectivity index (χ4n) is 4.03. The zero-order valence-corrected chi connectivity index (χ0v) is 17.1. The first kappa shape index (κ1) is 19.3. The summed E-state index contributed by atoms with van der Waals surface area (Å²) in [5, 5.41) is 4.70. The molecule has 3 aromatic rings. The summed E-state index contributed by atoms with van der Waals surface area (Å²) in [4.78, 5) is 15.0. The van der Waals surface area contributed by atoms with Crippen LogP contribution < -0.4 is 4.74 Å². The van der Waals surface area contributed by atoms with Gasteiger partial charge in [0.25, 0.3) is 0 Å². The van der Waals surface area contributed by atoms with Gasteiger partial charge in [-0.1, -0.05) is 12.1 Å². The highest BCUT2D eigenvalue weighted by molar-refractivity contribution is 5.76. The lowest BCUT2D eigenvalue weighted by molar-refractivity contribution is -0.132. The number of carbonyl (C=O) groups is 1. The van der Waals surface area contributed by atoms with Crippen molar-refractivity contribution in [3.8, 4) is 5.75 Å². The van der Waals surface area contributed by atoms with Crippen LogP contribution in [0.15, 0.2) is 47.1 Å². The fourth-order valence-corrected chi connectivity index (χ4v) is 4.03. The summed E-state index contributed by atoms with van der Waals surface area (Å²) in [5.74, 6) is 1.72. The third kappa shape index (κ3) is 4.36. The molecule has 0 fully saturated rings. The number of fused-ring (bicyclic) bond motifs is 1. The van der Waals surface area contributed by atoms with E-state index in [-0.39, 0.29) is 5.91 Å². The van der Waals surface area contributed by atoms with Gasteiger partial charge in [0.15, 0.2) is 0 Å². The van der Waals surface area contributed by atoms with Crippen molar-refractivity contribution < 1.29 is 13.9 Å². The van der Waals surface area contributed by atoms with Gasteiger partial charge in [-0.25, -0.2) is 0 Å². The molecule has 0 unspecified atom stereocenters. The van der Waals surface area contributed by atoms with E-state index in [9.17, 15) is 4.79 Å². The zero-order chi connectivity index (χ0) is 20.2. The van der Waals surface area contributed by atoms with Crippen LogP contribution in [0.25, 0.3) is 0 Å². The Labute approximate surface area is 171 Å². The number of methoxy groups -OCH3 is 1. The number of benzene rings is 1. The zero-order valence-electron chi connectivity index (χ0n) is 17.1. The summed E-state index contributed by atoms with van der Waals surface area (Å²) in [5.41, 5.74) is 4.77. The largest absolute Gasteiger partial charge is 0.497 e. The molecule has 4 rings (SSSR count). The Morgan fingerprint density at radius 3 is 2.76 bits per heavy atom. The summed E-state index contributed by atoms with van der Waals surface area (Å²) in [6.07, 6.45) is 6.07. The first-order valence-electron chi connectivity index (χ1n) is 10.1. The predicted molar refractivity (Wildman–Crippen MR) is 110 cm³/mol. The van der Waals surface area contributed by atoms with Gasteiger partial charge in [0, 0.05) is 19.2 Å². The van der Waals surface area contributed by atoms with Crippen LogP contribution in [-0.2, 0) is 44.2 Å². The molecule has 1 aliphatic carbocycles. The summed E-state index contributed by atoms with van der Waals surface area (Å²) in [6.45, 7) is 0.977. The lowest BCUT2D eigenvalue weighted by Gasteiger charge is -2.21. The number of hydrogen-bond donors (Lipinski definition) is 0. The molecular weight excluding hydrogens is 366 g/mol. The molecule has 2 heterocycles. The second kappa shape index (κ2) is 8.55. The van der Waals surface area contributed by atoms with E-state index in [1.165, 1.54) is 11.3 Å². The summed E-state index contributed by atoms with van der Waals surface area (Å²) < 4.78 is 12.7. The van der Waals surface area contributed by atoms with Gasteiger partial charge < -0.3 is 14.1 Å². The Morgan fingerprint density at radius 1 is 1.21 bits per heavy atom. The molecular formula is C23H27N3O3. The molecule has 0 radical (unpaired) electrons. The maximum Gasteiger partial charge on any atom is 0.223 e. The van der Waals surface area contributed by atoms with Crippen LogP contribution in [0.1, 0.15) is 41.1 Å². The minimum absolute atomic E-state index is 0.106. The number of hydrogen-bond acceptors (Lipinski definition) is 4. The Balaban J connectivity index is 1.47. The molecule has 6 heteroatoms. The first-order valence-corrected chi connectivity index (χ1v) is 10.1. The summed E-state index contributed by atoms with van der Waals surface area (Å²) >= 11 is 0. The molecule has 1 aliphatic rings. The van der Waals surface area contributed by atoms with Crippen LogP contribution in [0.2, 0.25) is 0 Å². The van der Waals surface area contributed by atoms with Crippen LogP contribution in [0.5, 0.6) is 5.75 Å². The predicted octanol–water partition coefficient (Wildman–Crippen LogP) is 3.67. The minimum Gasteiger partial charge on any atom is -0.497 e. The van der Waals surface area contributed by atoms with E-state index < -0.39 is 0 Å². The van der Waals surface area contributed by atoms with E-state index in [1.807, 2.05) is 53.0 Å². The maximum atomic E-state index is 13.1. The van der Waals surface area contributed by atoms with Crippen molar-refractivity contribution in [3.63, 3.8) is 0 Å². The van der Waals surface area contributed by atoms with E-state index in [0.717, 1.165) is 42.0 Å². The standard InChI is InChI=1S/C23H27N3O3/c1-25-22-7-3-6-20(22)21(24-25)16-26(15-19-5-4-14-29-19)23(27)13-10-17-8-11-18(28-2)12-9-17/h4-5,8-9,11-12,14H,3,6-7,10,13,15-16H2,1-2H3. The first-order chi connectivity index (χ1) is 14.1. The lowest BCUT2D eigenvalue weighted by atomic mass is 10.1.